The summed E-state index contributed by atoms with van der Waals surface area (Å²) >= 11 is 5.63. The van der Waals surface area contributed by atoms with E-state index in [1.165, 1.54) is 18.0 Å². The van der Waals surface area contributed by atoms with Gasteiger partial charge in [0.2, 0.25) is 5.75 Å². The van der Waals surface area contributed by atoms with Gasteiger partial charge in [-0.1, -0.05) is 11.6 Å². The molecule has 0 aliphatic carbocycles. The second-order valence-electron chi connectivity index (χ2n) is 2.88. The van der Waals surface area contributed by atoms with Gasteiger partial charge in [-0.3, -0.25) is 9.36 Å². The Morgan fingerprint density at radius 2 is 2.43 bits per heavy atom. The predicted octanol–water partition coefficient (Wildman–Crippen LogP) is 0.286. The first-order valence-electron chi connectivity index (χ1n) is 4.03. The monoisotopic (exact) mass is 218 g/mol. The first-order valence-corrected chi connectivity index (χ1v) is 4.41. The first-order chi connectivity index (χ1) is 6.56. The van der Waals surface area contributed by atoms with Crippen LogP contribution in [0.15, 0.2) is 11.1 Å². The maximum absolute atomic E-state index is 11.6. The summed E-state index contributed by atoms with van der Waals surface area (Å²) in [7, 11) is 1.34. The van der Waals surface area contributed by atoms with Crippen LogP contribution in [0, 0.1) is 0 Å². The molecule has 5 nitrogen and oxygen atoms in total. The molecule has 1 N–H and O–H groups in total. The Labute approximate surface area is 85.9 Å². The van der Waals surface area contributed by atoms with Crippen molar-refractivity contribution in [2.24, 2.45) is 0 Å². The van der Waals surface area contributed by atoms with Crippen LogP contribution in [0.1, 0.15) is 6.92 Å². The number of hydrogen-bond donors (Lipinski definition) is 1. The molecule has 0 aromatic carbocycles. The number of ether oxygens (including phenoxy) is 1. The van der Waals surface area contributed by atoms with Crippen molar-refractivity contribution in [2.45, 2.75) is 19.6 Å². The molecule has 1 unspecified atom stereocenters. The van der Waals surface area contributed by atoms with Crippen molar-refractivity contribution in [1.29, 1.82) is 0 Å². The number of halogens is 1. The molecule has 1 atom stereocenters. The van der Waals surface area contributed by atoms with Gasteiger partial charge >= 0.3 is 0 Å². The quantitative estimate of drug-likeness (QED) is 0.741. The zero-order valence-electron chi connectivity index (χ0n) is 7.90. The highest BCUT2D eigenvalue weighted by Crippen LogP contribution is 2.14. The lowest BCUT2D eigenvalue weighted by molar-refractivity contribution is 0.171. The highest BCUT2D eigenvalue weighted by Gasteiger charge is 2.10. The maximum Gasteiger partial charge on any atom is 0.297 e. The van der Waals surface area contributed by atoms with Gasteiger partial charge in [-0.25, -0.2) is 4.98 Å². The van der Waals surface area contributed by atoms with Crippen LogP contribution in [0.2, 0.25) is 5.15 Å². The lowest BCUT2D eigenvalue weighted by Gasteiger charge is -2.09. The normalized spacial score (nSPS) is 12.6. The van der Waals surface area contributed by atoms with E-state index in [4.69, 9.17) is 21.4 Å². The van der Waals surface area contributed by atoms with Gasteiger partial charge in [-0.15, -0.1) is 0 Å². The van der Waals surface area contributed by atoms with Crippen LogP contribution in [0.5, 0.6) is 5.75 Å². The lowest BCUT2D eigenvalue weighted by atomic mass is 10.4. The number of aromatic nitrogens is 2. The number of methoxy groups -OCH3 is 1. The number of nitrogens with zero attached hydrogens (tertiary/aromatic N) is 2. The zero-order chi connectivity index (χ0) is 10.7. The van der Waals surface area contributed by atoms with Crippen LogP contribution >= 0.6 is 11.6 Å². The van der Waals surface area contributed by atoms with Crippen molar-refractivity contribution in [3.05, 3.63) is 21.8 Å². The third-order valence-electron chi connectivity index (χ3n) is 1.62. The van der Waals surface area contributed by atoms with Crippen LogP contribution in [0.25, 0.3) is 0 Å². The minimum Gasteiger partial charge on any atom is -0.489 e. The molecule has 1 heterocycles. The van der Waals surface area contributed by atoms with E-state index in [0.717, 1.165) is 0 Å². The summed E-state index contributed by atoms with van der Waals surface area (Å²) in [6.45, 7) is 1.74. The maximum atomic E-state index is 11.6. The number of rotatable bonds is 3. The molecule has 0 amide bonds. The average Bonchev–Trinajstić information content (AvgIpc) is 2.10. The minimum absolute atomic E-state index is 0.00480. The lowest BCUT2D eigenvalue weighted by Crippen LogP contribution is -2.26. The number of aliphatic hydroxyl groups excluding tert-OH is 1. The Bertz CT molecular complexity index is 375. The van der Waals surface area contributed by atoms with E-state index in [0.29, 0.717) is 0 Å². The van der Waals surface area contributed by atoms with E-state index in [2.05, 4.69) is 4.98 Å². The molecule has 0 spiro atoms. The van der Waals surface area contributed by atoms with Gasteiger partial charge in [-0.2, -0.15) is 0 Å². The van der Waals surface area contributed by atoms with Gasteiger partial charge in [0.1, 0.15) is 0 Å². The fourth-order valence-corrected chi connectivity index (χ4v) is 1.24. The molecule has 0 aliphatic heterocycles. The van der Waals surface area contributed by atoms with Crippen LogP contribution in [-0.2, 0) is 6.54 Å². The largest absolute Gasteiger partial charge is 0.489 e. The van der Waals surface area contributed by atoms with Gasteiger partial charge in [-0.05, 0) is 6.92 Å². The van der Waals surface area contributed by atoms with Crippen LogP contribution in [0.4, 0.5) is 0 Å². The van der Waals surface area contributed by atoms with Gasteiger partial charge in [0.05, 0.1) is 26.1 Å². The molecule has 0 saturated heterocycles. The molecule has 0 aliphatic rings. The van der Waals surface area contributed by atoms with Crippen LogP contribution < -0.4 is 10.3 Å². The molecule has 14 heavy (non-hydrogen) atoms. The molecular formula is C8H11ClN2O3. The summed E-state index contributed by atoms with van der Waals surface area (Å²) in [6.07, 6.45) is 0.653. The van der Waals surface area contributed by atoms with E-state index in [1.807, 2.05) is 0 Å². The molecule has 1 rings (SSSR count). The van der Waals surface area contributed by atoms with Gasteiger partial charge in [0.25, 0.3) is 5.56 Å². The third-order valence-corrected chi connectivity index (χ3v) is 1.89. The molecule has 0 saturated carbocycles. The molecule has 0 bridgehead atoms. The van der Waals surface area contributed by atoms with E-state index in [-0.39, 0.29) is 17.4 Å². The summed E-state index contributed by atoms with van der Waals surface area (Å²) < 4.78 is 6.03. The molecule has 0 fully saturated rings. The van der Waals surface area contributed by atoms with E-state index < -0.39 is 11.7 Å². The van der Waals surface area contributed by atoms with E-state index in [1.54, 1.807) is 6.92 Å². The van der Waals surface area contributed by atoms with Gasteiger partial charge < -0.3 is 9.84 Å². The fourth-order valence-electron chi connectivity index (χ4n) is 1.04. The Morgan fingerprint density at radius 1 is 1.79 bits per heavy atom. The van der Waals surface area contributed by atoms with E-state index >= 15 is 0 Å². The summed E-state index contributed by atoms with van der Waals surface area (Å²) in [4.78, 5) is 15.3. The van der Waals surface area contributed by atoms with Crippen molar-refractivity contribution in [2.75, 3.05) is 7.11 Å². The van der Waals surface area contributed by atoms with Crippen molar-refractivity contribution >= 4 is 11.6 Å². The Morgan fingerprint density at radius 3 is 2.93 bits per heavy atom. The Hall–Kier alpha value is -1.07. The van der Waals surface area contributed by atoms with Crippen molar-refractivity contribution in [1.82, 2.24) is 9.55 Å². The molecule has 6 heteroatoms. The fraction of sp³-hybridized carbons (Fsp3) is 0.500. The Balaban J connectivity index is 3.15. The average molecular weight is 219 g/mol. The summed E-state index contributed by atoms with van der Waals surface area (Å²) in [5.74, 6) is -0.00480. The molecule has 1 aromatic rings. The number of aliphatic hydroxyl groups is 1. The van der Waals surface area contributed by atoms with Gasteiger partial charge in [0, 0.05) is 0 Å². The minimum atomic E-state index is -0.625. The zero-order valence-corrected chi connectivity index (χ0v) is 8.65. The molecule has 78 valence electrons. The van der Waals surface area contributed by atoms with E-state index in [9.17, 15) is 4.79 Å². The van der Waals surface area contributed by atoms with Crippen molar-refractivity contribution < 1.29 is 9.84 Å². The highest BCUT2D eigenvalue weighted by atomic mass is 35.5. The highest BCUT2D eigenvalue weighted by molar-refractivity contribution is 6.30. The summed E-state index contributed by atoms with van der Waals surface area (Å²) in [6, 6.07) is 0. The Kier molecular flexibility index (Phi) is 3.49. The second-order valence-corrected chi connectivity index (χ2v) is 3.23. The topological polar surface area (TPSA) is 64.3 Å². The van der Waals surface area contributed by atoms with Gasteiger partial charge in [0.15, 0.2) is 5.15 Å². The van der Waals surface area contributed by atoms with Crippen molar-refractivity contribution in [3.63, 3.8) is 0 Å². The predicted molar refractivity (Wildman–Crippen MR) is 51.7 cm³/mol. The standard InChI is InChI=1S/C8H11ClN2O3/c1-5(12)3-11-4-10-7(9)6(14-2)8(11)13/h4-5,12H,3H2,1-2H3. The number of hydrogen-bond acceptors (Lipinski definition) is 4. The molecular weight excluding hydrogens is 208 g/mol. The first kappa shape index (κ1) is 11.0. The molecule has 1 aromatic heterocycles. The van der Waals surface area contributed by atoms with Crippen LogP contribution in [-0.4, -0.2) is 27.9 Å². The van der Waals surface area contributed by atoms with Crippen molar-refractivity contribution in [3.8, 4) is 5.75 Å². The summed E-state index contributed by atoms with van der Waals surface area (Å²) in [5, 5.41) is 9.13. The van der Waals surface area contributed by atoms with Crippen LogP contribution in [0.3, 0.4) is 0 Å². The smallest absolute Gasteiger partial charge is 0.297 e. The SMILES string of the molecule is COc1c(Cl)ncn(CC(C)O)c1=O. The molecule has 0 radical (unpaired) electrons. The second kappa shape index (κ2) is 4.43. The summed E-state index contributed by atoms with van der Waals surface area (Å²) in [5.41, 5.74) is -0.395. The third kappa shape index (κ3) is 2.24.